The van der Waals surface area contributed by atoms with Crippen molar-refractivity contribution < 1.29 is 14.3 Å². The van der Waals surface area contributed by atoms with Gasteiger partial charge < -0.3 is 14.8 Å². The Hall–Kier alpha value is -1.14. The largest absolute Gasteiger partial charge is 0.461 e. The van der Waals surface area contributed by atoms with Crippen molar-refractivity contribution in [3.63, 3.8) is 0 Å². The lowest BCUT2D eigenvalue weighted by Gasteiger charge is -2.51. The molecular formula is C14H22N2O3S. The van der Waals surface area contributed by atoms with Crippen molar-refractivity contribution in [3.05, 3.63) is 11.1 Å². The molecular weight excluding hydrogens is 276 g/mol. The molecule has 0 amide bonds. The molecule has 1 heterocycles. The molecule has 1 fully saturated rings. The second kappa shape index (κ2) is 6.10. The molecule has 1 saturated carbocycles. The van der Waals surface area contributed by atoms with Gasteiger partial charge in [0.25, 0.3) is 0 Å². The van der Waals surface area contributed by atoms with Crippen LogP contribution < -0.4 is 5.32 Å². The molecule has 1 aromatic rings. The van der Waals surface area contributed by atoms with Crippen molar-refractivity contribution in [2.75, 3.05) is 18.5 Å². The quantitative estimate of drug-likeness (QED) is 0.818. The van der Waals surface area contributed by atoms with Crippen LogP contribution in [0.3, 0.4) is 0 Å². The number of ether oxygens (including phenoxy) is 2. The Bertz CT molecular complexity index is 473. The molecule has 1 aliphatic rings. The zero-order valence-electron chi connectivity index (χ0n) is 12.4. The highest BCUT2D eigenvalue weighted by atomic mass is 32.1. The van der Waals surface area contributed by atoms with Crippen LogP contribution in [0.4, 0.5) is 5.13 Å². The van der Waals surface area contributed by atoms with E-state index in [1.807, 2.05) is 6.92 Å². The number of nitrogens with one attached hydrogen (secondary N) is 1. The van der Waals surface area contributed by atoms with Gasteiger partial charge in [0.2, 0.25) is 0 Å². The van der Waals surface area contributed by atoms with Gasteiger partial charge in [-0.25, -0.2) is 9.78 Å². The van der Waals surface area contributed by atoms with Gasteiger partial charge in [-0.3, -0.25) is 0 Å². The van der Waals surface area contributed by atoms with E-state index in [0.29, 0.717) is 18.3 Å². The summed E-state index contributed by atoms with van der Waals surface area (Å²) in [4.78, 5) is 15.8. The van der Waals surface area contributed by atoms with Gasteiger partial charge in [-0.05, 0) is 20.3 Å². The van der Waals surface area contributed by atoms with E-state index in [9.17, 15) is 4.79 Å². The standard InChI is InChI=1S/C14H22N2O3S/c1-5-18-11-7-10(14(11,3)4)16-13-15-9(8-20-13)12(17)19-6-2/h8,10-11H,5-7H2,1-4H3,(H,15,16). The van der Waals surface area contributed by atoms with Gasteiger partial charge in [-0.1, -0.05) is 13.8 Å². The first-order valence-corrected chi connectivity index (χ1v) is 7.87. The Kier molecular flexibility index (Phi) is 4.65. The number of aromatic nitrogens is 1. The topological polar surface area (TPSA) is 60.5 Å². The molecule has 0 saturated heterocycles. The summed E-state index contributed by atoms with van der Waals surface area (Å²) >= 11 is 1.43. The monoisotopic (exact) mass is 298 g/mol. The molecule has 20 heavy (non-hydrogen) atoms. The lowest BCUT2D eigenvalue weighted by atomic mass is 9.64. The Morgan fingerprint density at radius 1 is 1.50 bits per heavy atom. The molecule has 0 aromatic carbocycles. The maximum atomic E-state index is 11.6. The van der Waals surface area contributed by atoms with Crippen LogP contribution in [0, 0.1) is 5.41 Å². The second-order valence-corrected chi connectivity index (χ2v) is 6.31. The Labute approximate surface area is 123 Å². The average molecular weight is 298 g/mol. The van der Waals surface area contributed by atoms with Gasteiger partial charge in [0.1, 0.15) is 0 Å². The number of anilines is 1. The fourth-order valence-electron chi connectivity index (χ4n) is 2.40. The first-order valence-electron chi connectivity index (χ1n) is 6.99. The van der Waals surface area contributed by atoms with Gasteiger partial charge in [-0.15, -0.1) is 11.3 Å². The van der Waals surface area contributed by atoms with E-state index in [1.165, 1.54) is 11.3 Å². The van der Waals surface area contributed by atoms with Crippen LogP contribution in [0.2, 0.25) is 0 Å². The number of carbonyl (C=O) groups is 1. The highest BCUT2D eigenvalue weighted by Gasteiger charge is 2.49. The highest BCUT2D eigenvalue weighted by molar-refractivity contribution is 7.13. The number of thiazole rings is 1. The lowest BCUT2D eigenvalue weighted by Crippen LogP contribution is -2.58. The van der Waals surface area contributed by atoms with E-state index < -0.39 is 0 Å². The third-order valence-electron chi connectivity index (χ3n) is 3.83. The smallest absolute Gasteiger partial charge is 0.357 e. The first kappa shape index (κ1) is 15.3. The van der Waals surface area contributed by atoms with Crippen molar-refractivity contribution in [3.8, 4) is 0 Å². The number of esters is 1. The number of hydrogen-bond acceptors (Lipinski definition) is 6. The molecule has 0 bridgehead atoms. The van der Waals surface area contributed by atoms with Crippen LogP contribution in [0.25, 0.3) is 0 Å². The van der Waals surface area contributed by atoms with E-state index in [1.54, 1.807) is 12.3 Å². The Balaban J connectivity index is 1.94. The summed E-state index contributed by atoms with van der Waals surface area (Å²) in [5, 5.41) is 5.89. The zero-order valence-corrected chi connectivity index (χ0v) is 13.3. The van der Waals surface area contributed by atoms with Crippen molar-refractivity contribution in [1.29, 1.82) is 0 Å². The molecule has 1 N–H and O–H groups in total. The molecule has 0 spiro atoms. The number of rotatable bonds is 6. The third kappa shape index (κ3) is 2.96. The van der Waals surface area contributed by atoms with E-state index in [-0.39, 0.29) is 17.5 Å². The van der Waals surface area contributed by atoms with Crippen LogP contribution in [0.15, 0.2) is 5.38 Å². The minimum atomic E-state index is -0.364. The van der Waals surface area contributed by atoms with Crippen LogP contribution in [0.1, 0.15) is 44.6 Å². The molecule has 6 heteroatoms. The van der Waals surface area contributed by atoms with Gasteiger partial charge in [0, 0.05) is 23.4 Å². The predicted octanol–water partition coefficient (Wildman–Crippen LogP) is 2.94. The summed E-state index contributed by atoms with van der Waals surface area (Å²) in [5.74, 6) is -0.364. The lowest BCUT2D eigenvalue weighted by molar-refractivity contribution is -0.0976. The van der Waals surface area contributed by atoms with Crippen molar-refractivity contribution in [2.45, 2.75) is 46.3 Å². The van der Waals surface area contributed by atoms with E-state index in [2.05, 4.69) is 24.1 Å². The third-order valence-corrected chi connectivity index (χ3v) is 4.61. The molecule has 2 unspecified atom stereocenters. The molecule has 1 aliphatic carbocycles. The van der Waals surface area contributed by atoms with E-state index >= 15 is 0 Å². The molecule has 1 aromatic heterocycles. The minimum Gasteiger partial charge on any atom is -0.461 e. The number of carbonyl (C=O) groups excluding carboxylic acids is 1. The summed E-state index contributed by atoms with van der Waals surface area (Å²) in [7, 11) is 0. The number of hydrogen-bond donors (Lipinski definition) is 1. The van der Waals surface area contributed by atoms with Gasteiger partial charge in [-0.2, -0.15) is 0 Å². The molecule has 0 radical (unpaired) electrons. The summed E-state index contributed by atoms with van der Waals surface area (Å²) in [6, 6.07) is 0.320. The molecule has 2 atom stereocenters. The van der Waals surface area contributed by atoms with Crippen molar-refractivity contribution in [2.24, 2.45) is 5.41 Å². The molecule has 0 aliphatic heterocycles. The second-order valence-electron chi connectivity index (χ2n) is 5.46. The van der Waals surface area contributed by atoms with Crippen LogP contribution >= 0.6 is 11.3 Å². The minimum absolute atomic E-state index is 0.0752. The summed E-state index contributed by atoms with van der Waals surface area (Å²) in [6.07, 6.45) is 1.25. The highest BCUT2D eigenvalue weighted by Crippen LogP contribution is 2.44. The average Bonchev–Trinajstić information content (AvgIpc) is 2.87. The predicted molar refractivity (Wildman–Crippen MR) is 79.3 cm³/mol. The van der Waals surface area contributed by atoms with Gasteiger partial charge in [0.05, 0.1) is 12.7 Å². The molecule has 5 nitrogen and oxygen atoms in total. The fraction of sp³-hybridized carbons (Fsp3) is 0.714. The normalized spacial score (nSPS) is 24.0. The van der Waals surface area contributed by atoms with Gasteiger partial charge >= 0.3 is 5.97 Å². The van der Waals surface area contributed by atoms with Crippen LogP contribution in [0.5, 0.6) is 0 Å². The molecule has 112 valence electrons. The summed E-state index contributed by atoms with van der Waals surface area (Å²) < 4.78 is 10.6. The van der Waals surface area contributed by atoms with E-state index in [0.717, 1.165) is 18.2 Å². The van der Waals surface area contributed by atoms with Gasteiger partial charge in [0.15, 0.2) is 10.8 Å². The molecule has 2 rings (SSSR count). The van der Waals surface area contributed by atoms with Crippen molar-refractivity contribution in [1.82, 2.24) is 4.98 Å². The van der Waals surface area contributed by atoms with Crippen LogP contribution in [-0.4, -0.2) is 36.3 Å². The van der Waals surface area contributed by atoms with Crippen molar-refractivity contribution >= 4 is 22.4 Å². The maximum Gasteiger partial charge on any atom is 0.357 e. The summed E-state index contributed by atoms with van der Waals surface area (Å²) in [6.45, 7) is 9.29. The zero-order chi connectivity index (χ0) is 14.8. The number of nitrogens with zero attached hydrogens (tertiary/aromatic N) is 1. The first-order chi connectivity index (χ1) is 9.48. The summed E-state index contributed by atoms with van der Waals surface area (Å²) in [5.41, 5.74) is 0.448. The maximum absolute atomic E-state index is 11.6. The Morgan fingerprint density at radius 3 is 2.85 bits per heavy atom. The van der Waals surface area contributed by atoms with Crippen LogP contribution in [-0.2, 0) is 9.47 Å². The Morgan fingerprint density at radius 2 is 2.25 bits per heavy atom. The SMILES string of the molecule is CCOC(=O)c1csc(NC2CC(OCC)C2(C)C)n1. The van der Waals surface area contributed by atoms with E-state index in [4.69, 9.17) is 9.47 Å². The fourth-order valence-corrected chi connectivity index (χ4v) is 3.14.